The Balaban J connectivity index is 2.31. The Morgan fingerprint density at radius 1 is 1.32 bits per heavy atom. The Kier molecular flexibility index (Phi) is 4.00. The first-order chi connectivity index (χ1) is 10.6. The molecule has 0 unspecified atom stereocenters. The van der Waals surface area contributed by atoms with E-state index in [2.05, 4.69) is 10.1 Å². The zero-order chi connectivity index (χ0) is 15.7. The monoisotopic (exact) mass is 335 g/mol. The third-order valence-corrected chi connectivity index (χ3v) is 3.61. The molecule has 0 aliphatic heterocycles. The number of ether oxygens (including phenoxy) is 1. The topological polar surface area (TPSA) is 56.5 Å². The van der Waals surface area contributed by atoms with Gasteiger partial charge in [0.25, 0.3) is 0 Å². The van der Waals surface area contributed by atoms with Gasteiger partial charge in [-0.1, -0.05) is 23.2 Å². The van der Waals surface area contributed by atoms with Crippen LogP contribution in [0.1, 0.15) is 17.4 Å². The number of halogens is 2. The molecule has 0 N–H and O–H groups in total. The zero-order valence-corrected chi connectivity index (χ0v) is 13.1. The molecule has 1 aromatic carbocycles. The van der Waals surface area contributed by atoms with E-state index in [1.54, 1.807) is 43.5 Å². The molecule has 0 amide bonds. The van der Waals surface area contributed by atoms with Gasteiger partial charge in [-0.25, -0.2) is 14.3 Å². The van der Waals surface area contributed by atoms with E-state index in [0.29, 0.717) is 26.9 Å². The highest BCUT2D eigenvalue weighted by Gasteiger charge is 2.24. The first-order valence-electron chi connectivity index (χ1n) is 6.58. The molecule has 0 spiro atoms. The summed E-state index contributed by atoms with van der Waals surface area (Å²) in [6, 6.07) is 8.48. The molecule has 0 aliphatic rings. The van der Waals surface area contributed by atoms with Crippen LogP contribution in [0, 0.1) is 0 Å². The summed E-state index contributed by atoms with van der Waals surface area (Å²) >= 11 is 12.3. The van der Waals surface area contributed by atoms with E-state index in [-0.39, 0.29) is 12.3 Å². The normalized spacial score (nSPS) is 10.9. The van der Waals surface area contributed by atoms with Crippen LogP contribution < -0.4 is 0 Å². The molecule has 0 saturated carbocycles. The van der Waals surface area contributed by atoms with E-state index in [0.717, 1.165) is 0 Å². The van der Waals surface area contributed by atoms with Gasteiger partial charge in [0.15, 0.2) is 11.3 Å². The van der Waals surface area contributed by atoms with Gasteiger partial charge in [-0.15, -0.1) is 0 Å². The van der Waals surface area contributed by atoms with Crippen molar-refractivity contribution in [3.05, 3.63) is 52.3 Å². The number of hydrogen-bond acceptors (Lipinski definition) is 4. The second-order valence-electron chi connectivity index (χ2n) is 4.45. The van der Waals surface area contributed by atoms with Crippen LogP contribution in [-0.4, -0.2) is 27.2 Å². The molecule has 5 nitrogen and oxygen atoms in total. The van der Waals surface area contributed by atoms with Crippen molar-refractivity contribution < 1.29 is 9.53 Å². The largest absolute Gasteiger partial charge is 0.461 e. The fourth-order valence-corrected chi connectivity index (χ4v) is 2.52. The van der Waals surface area contributed by atoms with Crippen molar-refractivity contribution in [2.24, 2.45) is 0 Å². The molecule has 0 fully saturated rings. The quantitative estimate of drug-likeness (QED) is 0.681. The van der Waals surface area contributed by atoms with E-state index in [1.165, 1.54) is 4.52 Å². The maximum Gasteiger partial charge on any atom is 0.359 e. The summed E-state index contributed by atoms with van der Waals surface area (Å²) in [5.74, 6) is -0.514. The third kappa shape index (κ3) is 2.53. The number of nitrogens with zero attached hydrogens (tertiary/aromatic N) is 3. The predicted octanol–water partition coefficient (Wildman–Crippen LogP) is 3.88. The molecule has 3 aromatic rings. The number of benzene rings is 1. The van der Waals surface area contributed by atoms with Gasteiger partial charge in [0, 0.05) is 16.8 Å². The van der Waals surface area contributed by atoms with E-state index < -0.39 is 5.97 Å². The van der Waals surface area contributed by atoms with Crippen molar-refractivity contribution in [1.82, 2.24) is 14.6 Å². The van der Waals surface area contributed by atoms with Crippen molar-refractivity contribution >= 4 is 34.8 Å². The first-order valence-corrected chi connectivity index (χ1v) is 7.33. The van der Waals surface area contributed by atoms with E-state index in [9.17, 15) is 4.79 Å². The van der Waals surface area contributed by atoms with Gasteiger partial charge in [-0.3, -0.25) is 0 Å². The number of imidazole rings is 1. The van der Waals surface area contributed by atoms with Crippen LogP contribution in [0.2, 0.25) is 10.0 Å². The Labute approximate surface area is 136 Å². The average molecular weight is 336 g/mol. The Morgan fingerprint density at radius 3 is 2.91 bits per heavy atom. The number of hydrogen-bond donors (Lipinski definition) is 0. The maximum atomic E-state index is 12.3. The van der Waals surface area contributed by atoms with E-state index in [1.807, 2.05) is 0 Å². The molecule has 112 valence electrons. The summed E-state index contributed by atoms with van der Waals surface area (Å²) in [7, 11) is 0. The molecule has 7 heteroatoms. The number of aromatic nitrogens is 3. The van der Waals surface area contributed by atoms with Crippen LogP contribution in [0.15, 0.2) is 36.5 Å². The lowest BCUT2D eigenvalue weighted by Gasteiger charge is -2.06. The molecular formula is C15H11Cl2N3O2. The van der Waals surface area contributed by atoms with Gasteiger partial charge in [0.05, 0.1) is 11.6 Å². The molecule has 0 bridgehead atoms. The minimum Gasteiger partial charge on any atom is -0.461 e. The number of esters is 1. The van der Waals surface area contributed by atoms with Gasteiger partial charge in [-0.05, 0) is 37.3 Å². The van der Waals surface area contributed by atoms with Crippen molar-refractivity contribution in [3.63, 3.8) is 0 Å². The summed E-state index contributed by atoms with van der Waals surface area (Å²) in [4.78, 5) is 16.8. The molecule has 0 atom stereocenters. The van der Waals surface area contributed by atoms with Crippen molar-refractivity contribution in [1.29, 1.82) is 0 Å². The van der Waals surface area contributed by atoms with Gasteiger partial charge >= 0.3 is 5.97 Å². The predicted molar refractivity (Wildman–Crippen MR) is 84.4 cm³/mol. The number of carbonyl (C=O) groups excluding carboxylic acids is 1. The van der Waals surface area contributed by atoms with Crippen LogP contribution in [0.3, 0.4) is 0 Å². The molecule has 2 heterocycles. The number of fused-ring (bicyclic) bond motifs is 1. The summed E-state index contributed by atoms with van der Waals surface area (Å²) in [6.45, 7) is 1.99. The molecule has 0 aliphatic carbocycles. The smallest absolute Gasteiger partial charge is 0.359 e. The lowest BCUT2D eigenvalue weighted by atomic mass is 10.1. The minimum absolute atomic E-state index is 0.224. The van der Waals surface area contributed by atoms with Crippen LogP contribution in [-0.2, 0) is 4.74 Å². The van der Waals surface area contributed by atoms with Gasteiger partial charge in [0.2, 0.25) is 0 Å². The molecule has 22 heavy (non-hydrogen) atoms. The Bertz CT molecular complexity index is 861. The van der Waals surface area contributed by atoms with Crippen LogP contribution in [0.4, 0.5) is 0 Å². The van der Waals surface area contributed by atoms with E-state index in [4.69, 9.17) is 27.9 Å². The van der Waals surface area contributed by atoms with E-state index >= 15 is 0 Å². The average Bonchev–Trinajstić information content (AvgIpc) is 2.89. The molecular weight excluding hydrogens is 325 g/mol. The summed E-state index contributed by atoms with van der Waals surface area (Å²) in [5, 5.41) is 5.10. The lowest BCUT2D eigenvalue weighted by Crippen LogP contribution is -2.10. The lowest BCUT2D eigenvalue weighted by molar-refractivity contribution is 0.0517. The van der Waals surface area contributed by atoms with Crippen LogP contribution in [0.5, 0.6) is 0 Å². The summed E-state index contributed by atoms with van der Waals surface area (Å²) < 4.78 is 6.55. The van der Waals surface area contributed by atoms with Crippen LogP contribution in [0.25, 0.3) is 16.9 Å². The van der Waals surface area contributed by atoms with Gasteiger partial charge < -0.3 is 4.74 Å². The molecule has 0 radical (unpaired) electrons. The summed E-state index contributed by atoms with van der Waals surface area (Å²) in [5.41, 5.74) is 1.70. The number of carbonyl (C=O) groups is 1. The molecule has 2 aromatic heterocycles. The summed E-state index contributed by atoms with van der Waals surface area (Å²) in [6.07, 6.45) is 1.57. The fraction of sp³-hybridized carbons (Fsp3) is 0.133. The van der Waals surface area contributed by atoms with Gasteiger partial charge in [-0.2, -0.15) is 5.10 Å². The first kappa shape index (κ1) is 14.8. The van der Waals surface area contributed by atoms with Gasteiger partial charge in [0.1, 0.15) is 5.69 Å². The molecule has 0 saturated heterocycles. The zero-order valence-electron chi connectivity index (χ0n) is 11.6. The Hall–Kier alpha value is -2.11. The van der Waals surface area contributed by atoms with Crippen molar-refractivity contribution in [2.75, 3.05) is 6.61 Å². The third-order valence-electron chi connectivity index (χ3n) is 3.05. The second kappa shape index (κ2) is 5.94. The fourth-order valence-electron chi connectivity index (χ4n) is 2.14. The standard InChI is InChI=1S/C15H11Cl2N3O2/c1-2-22-15(21)14-13(10-8-9(16)5-6-11(10)17)19-12-4-3-7-18-20(12)14/h3-8H,2H2,1H3. The Morgan fingerprint density at radius 2 is 2.14 bits per heavy atom. The number of rotatable bonds is 3. The SMILES string of the molecule is CCOC(=O)c1c(-c2cc(Cl)ccc2Cl)nc2cccnn12. The minimum atomic E-state index is -0.514. The van der Waals surface area contributed by atoms with Crippen molar-refractivity contribution in [2.45, 2.75) is 6.92 Å². The molecule has 3 rings (SSSR count). The van der Waals surface area contributed by atoms with Crippen LogP contribution >= 0.6 is 23.2 Å². The maximum absolute atomic E-state index is 12.3. The second-order valence-corrected chi connectivity index (χ2v) is 5.29. The highest BCUT2D eigenvalue weighted by atomic mass is 35.5. The van der Waals surface area contributed by atoms with Crippen molar-refractivity contribution in [3.8, 4) is 11.3 Å². The highest BCUT2D eigenvalue weighted by molar-refractivity contribution is 6.35. The highest BCUT2D eigenvalue weighted by Crippen LogP contribution is 2.32.